The van der Waals surface area contributed by atoms with E-state index in [1.54, 1.807) is 24.8 Å². The minimum atomic E-state index is -0.546. The number of anilines is 1. The summed E-state index contributed by atoms with van der Waals surface area (Å²) in [5, 5.41) is 10.3. The Balaban J connectivity index is 1.78. The second-order valence-electron chi connectivity index (χ2n) is 4.77. The van der Waals surface area contributed by atoms with Crippen LogP contribution in [0.5, 0.6) is 0 Å². The standard InChI is InChI=1S/C13H16N4O/c14-13-6-9(3-4-16-13)5-12(18)11-7-15-8-17(11)10-1-2-10/h3-4,6-8,10,12,18H,1-2,5H2,(H2,14,16). The lowest BCUT2D eigenvalue weighted by Crippen LogP contribution is -2.08. The highest BCUT2D eigenvalue weighted by atomic mass is 16.3. The molecule has 0 aromatic carbocycles. The van der Waals surface area contributed by atoms with Gasteiger partial charge in [-0.25, -0.2) is 9.97 Å². The van der Waals surface area contributed by atoms with Gasteiger partial charge in [-0.1, -0.05) is 0 Å². The normalized spacial score (nSPS) is 16.7. The molecule has 1 aliphatic rings. The summed E-state index contributed by atoms with van der Waals surface area (Å²) in [4.78, 5) is 8.07. The molecule has 1 atom stereocenters. The van der Waals surface area contributed by atoms with Gasteiger partial charge in [-0.3, -0.25) is 0 Å². The first-order chi connectivity index (χ1) is 8.74. The topological polar surface area (TPSA) is 77.0 Å². The van der Waals surface area contributed by atoms with Crippen LogP contribution in [0.25, 0.3) is 0 Å². The quantitative estimate of drug-likeness (QED) is 0.853. The molecule has 18 heavy (non-hydrogen) atoms. The largest absolute Gasteiger partial charge is 0.386 e. The SMILES string of the molecule is Nc1cc(CC(O)c2cncn2C2CC2)ccn1. The Kier molecular flexibility index (Phi) is 2.76. The summed E-state index contributed by atoms with van der Waals surface area (Å²) in [6, 6.07) is 4.19. The van der Waals surface area contributed by atoms with Crippen molar-refractivity contribution in [3.05, 3.63) is 42.1 Å². The van der Waals surface area contributed by atoms with Crippen molar-refractivity contribution < 1.29 is 5.11 Å². The Bertz CT molecular complexity index is 547. The van der Waals surface area contributed by atoms with Crippen LogP contribution in [0.4, 0.5) is 5.82 Å². The van der Waals surface area contributed by atoms with Gasteiger partial charge in [0.25, 0.3) is 0 Å². The van der Waals surface area contributed by atoms with Crippen LogP contribution in [-0.4, -0.2) is 19.6 Å². The first-order valence-electron chi connectivity index (χ1n) is 6.14. The summed E-state index contributed by atoms with van der Waals surface area (Å²) < 4.78 is 2.08. The third-order valence-electron chi connectivity index (χ3n) is 3.25. The van der Waals surface area contributed by atoms with Crippen LogP contribution in [0.1, 0.15) is 36.2 Å². The molecule has 0 aliphatic heterocycles. The molecule has 1 unspecified atom stereocenters. The monoisotopic (exact) mass is 244 g/mol. The van der Waals surface area contributed by atoms with E-state index in [1.807, 2.05) is 6.07 Å². The fourth-order valence-electron chi connectivity index (χ4n) is 2.18. The summed E-state index contributed by atoms with van der Waals surface area (Å²) in [5.74, 6) is 0.482. The van der Waals surface area contributed by atoms with Gasteiger partial charge < -0.3 is 15.4 Å². The summed E-state index contributed by atoms with van der Waals surface area (Å²) >= 11 is 0. The van der Waals surface area contributed by atoms with Gasteiger partial charge >= 0.3 is 0 Å². The molecule has 1 aliphatic carbocycles. The fraction of sp³-hybridized carbons (Fsp3) is 0.385. The number of nitrogens with two attached hydrogens (primary N) is 1. The number of hydrogen-bond acceptors (Lipinski definition) is 4. The molecule has 0 radical (unpaired) electrons. The number of hydrogen-bond donors (Lipinski definition) is 2. The minimum absolute atomic E-state index is 0.482. The van der Waals surface area contributed by atoms with E-state index in [0.29, 0.717) is 18.3 Å². The fourth-order valence-corrected chi connectivity index (χ4v) is 2.18. The van der Waals surface area contributed by atoms with Crippen molar-refractivity contribution in [2.24, 2.45) is 0 Å². The molecule has 0 saturated heterocycles. The molecule has 1 saturated carbocycles. The highest BCUT2D eigenvalue weighted by Gasteiger charge is 2.27. The molecule has 2 heterocycles. The molecule has 0 bridgehead atoms. The highest BCUT2D eigenvalue weighted by Crippen LogP contribution is 2.37. The van der Waals surface area contributed by atoms with Crippen molar-refractivity contribution in [2.75, 3.05) is 5.73 Å². The van der Waals surface area contributed by atoms with E-state index in [2.05, 4.69) is 14.5 Å². The van der Waals surface area contributed by atoms with Gasteiger partial charge in [0.2, 0.25) is 0 Å². The number of nitrogen functional groups attached to an aromatic ring is 1. The molecule has 3 rings (SSSR count). The van der Waals surface area contributed by atoms with Crippen molar-refractivity contribution in [3.8, 4) is 0 Å². The summed E-state index contributed by atoms with van der Waals surface area (Å²) in [6.07, 6.45) is 7.55. The molecule has 0 amide bonds. The zero-order chi connectivity index (χ0) is 12.5. The zero-order valence-electron chi connectivity index (χ0n) is 10.0. The number of rotatable bonds is 4. The Morgan fingerprint density at radius 1 is 1.50 bits per heavy atom. The second-order valence-corrected chi connectivity index (χ2v) is 4.77. The van der Waals surface area contributed by atoms with Crippen molar-refractivity contribution in [3.63, 3.8) is 0 Å². The van der Waals surface area contributed by atoms with Crippen molar-refractivity contribution in [1.82, 2.24) is 14.5 Å². The van der Waals surface area contributed by atoms with Crippen LogP contribution in [0, 0.1) is 0 Å². The van der Waals surface area contributed by atoms with E-state index >= 15 is 0 Å². The molecule has 0 spiro atoms. The van der Waals surface area contributed by atoms with Crippen LogP contribution < -0.4 is 5.73 Å². The smallest absolute Gasteiger partial charge is 0.123 e. The molecule has 2 aromatic rings. The van der Waals surface area contributed by atoms with Gasteiger partial charge in [-0.05, 0) is 30.5 Å². The maximum Gasteiger partial charge on any atom is 0.123 e. The van der Waals surface area contributed by atoms with Crippen LogP contribution in [0.15, 0.2) is 30.9 Å². The van der Waals surface area contributed by atoms with Crippen molar-refractivity contribution in [1.29, 1.82) is 0 Å². The van der Waals surface area contributed by atoms with Gasteiger partial charge in [0.1, 0.15) is 5.82 Å². The number of imidazole rings is 1. The molecule has 94 valence electrons. The van der Waals surface area contributed by atoms with E-state index in [9.17, 15) is 5.11 Å². The van der Waals surface area contributed by atoms with E-state index in [4.69, 9.17) is 5.73 Å². The van der Waals surface area contributed by atoms with Crippen LogP contribution in [0.3, 0.4) is 0 Å². The Morgan fingerprint density at radius 3 is 3.06 bits per heavy atom. The number of nitrogens with zero attached hydrogens (tertiary/aromatic N) is 3. The molecular formula is C13H16N4O. The second kappa shape index (κ2) is 4.42. The maximum atomic E-state index is 10.3. The Labute approximate surface area is 105 Å². The van der Waals surface area contributed by atoms with Gasteiger partial charge in [0, 0.05) is 18.7 Å². The number of aromatic nitrogens is 3. The molecule has 1 fully saturated rings. The minimum Gasteiger partial charge on any atom is -0.386 e. The van der Waals surface area contributed by atoms with Gasteiger partial charge in [-0.2, -0.15) is 0 Å². The third kappa shape index (κ3) is 2.22. The summed E-state index contributed by atoms with van der Waals surface area (Å²) in [6.45, 7) is 0. The predicted molar refractivity (Wildman–Crippen MR) is 67.8 cm³/mol. The lowest BCUT2D eigenvalue weighted by molar-refractivity contribution is 0.168. The van der Waals surface area contributed by atoms with Crippen LogP contribution in [0.2, 0.25) is 0 Å². The molecule has 2 aromatic heterocycles. The molecule has 5 heteroatoms. The number of aliphatic hydroxyl groups excluding tert-OH is 1. The van der Waals surface area contributed by atoms with Crippen LogP contribution >= 0.6 is 0 Å². The number of aliphatic hydroxyl groups is 1. The lowest BCUT2D eigenvalue weighted by atomic mass is 10.1. The van der Waals surface area contributed by atoms with Crippen molar-refractivity contribution >= 4 is 5.82 Å². The zero-order valence-corrected chi connectivity index (χ0v) is 10.0. The first-order valence-corrected chi connectivity index (χ1v) is 6.14. The lowest BCUT2D eigenvalue weighted by Gasteiger charge is -2.13. The van der Waals surface area contributed by atoms with E-state index < -0.39 is 6.10 Å². The maximum absolute atomic E-state index is 10.3. The average molecular weight is 244 g/mol. The molecule has 5 nitrogen and oxygen atoms in total. The Morgan fingerprint density at radius 2 is 2.33 bits per heavy atom. The third-order valence-corrected chi connectivity index (χ3v) is 3.25. The summed E-state index contributed by atoms with van der Waals surface area (Å²) in [5.41, 5.74) is 7.50. The van der Waals surface area contributed by atoms with E-state index in [-0.39, 0.29) is 0 Å². The number of pyridine rings is 1. The van der Waals surface area contributed by atoms with Gasteiger partial charge in [-0.15, -0.1) is 0 Å². The Hall–Kier alpha value is -1.88. The first kappa shape index (κ1) is 11.2. The van der Waals surface area contributed by atoms with Gasteiger partial charge in [0.15, 0.2) is 0 Å². The van der Waals surface area contributed by atoms with Gasteiger partial charge in [0.05, 0.1) is 24.3 Å². The predicted octanol–water partition coefficient (Wildman–Crippen LogP) is 1.47. The van der Waals surface area contributed by atoms with Crippen LogP contribution in [-0.2, 0) is 6.42 Å². The van der Waals surface area contributed by atoms with Crippen molar-refractivity contribution in [2.45, 2.75) is 31.4 Å². The molecule has 3 N–H and O–H groups in total. The van der Waals surface area contributed by atoms with E-state index in [0.717, 1.165) is 11.3 Å². The highest BCUT2D eigenvalue weighted by molar-refractivity contribution is 5.32. The average Bonchev–Trinajstić information content (AvgIpc) is 3.06. The molecular weight excluding hydrogens is 228 g/mol. The van der Waals surface area contributed by atoms with E-state index in [1.165, 1.54) is 12.8 Å². The summed E-state index contributed by atoms with van der Waals surface area (Å²) in [7, 11) is 0.